The molecule has 1 rings (SSSR count). The fraction of sp³-hybridized carbons (Fsp3) is 0.385. The van der Waals surface area contributed by atoms with Crippen LogP contribution in [-0.4, -0.2) is 46.3 Å². The molecule has 6 nitrogen and oxygen atoms in total. The average Bonchev–Trinajstić information content (AvgIpc) is 2.37. The molecule has 1 aromatic rings. The largest absolute Gasteiger partial charge is 0.478 e. The number of carbonyl (C=O) groups excluding carboxylic acids is 1. The predicted octanol–water partition coefficient (Wildman–Crippen LogP) is 2.38. The molecule has 0 radical (unpaired) electrons. The molecule has 7 heteroatoms. The number of benzene rings is 1. The number of carboxylic acids is 1. The molecule has 0 saturated carbocycles. The highest BCUT2D eigenvalue weighted by atomic mass is 79.9. The molecule has 20 heavy (non-hydrogen) atoms. The monoisotopic (exact) mass is 344 g/mol. The Labute approximate surface area is 125 Å². The van der Waals surface area contributed by atoms with E-state index in [1.807, 2.05) is 13.8 Å². The van der Waals surface area contributed by atoms with Gasteiger partial charge in [0.25, 0.3) is 0 Å². The zero-order valence-electron chi connectivity index (χ0n) is 11.3. The number of amides is 2. The van der Waals surface area contributed by atoms with Crippen LogP contribution in [0.3, 0.4) is 0 Å². The summed E-state index contributed by atoms with van der Waals surface area (Å²) in [5.74, 6) is -1.13. The van der Waals surface area contributed by atoms with Gasteiger partial charge in [-0.1, -0.05) is 6.07 Å². The molecule has 0 saturated heterocycles. The van der Waals surface area contributed by atoms with Crippen LogP contribution in [0.15, 0.2) is 22.7 Å². The molecule has 0 spiro atoms. The Morgan fingerprint density at radius 2 is 2.05 bits per heavy atom. The number of aliphatic hydroxyl groups is 1. The smallest absolute Gasteiger partial charge is 0.337 e. The summed E-state index contributed by atoms with van der Waals surface area (Å²) in [5.41, 5.74) is 0.203. The number of halogens is 1. The molecule has 0 aromatic heterocycles. The molecule has 0 unspecified atom stereocenters. The van der Waals surface area contributed by atoms with Crippen LogP contribution in [0.5, 0.6) is 0 Å². The Balaban J connectivity index is 3.03. The minimum atomic E-state index is -1.13. The van der Waals surface area contributed by atoms with Crippen molar-refractivity contribution in [2.45, 2.75) is 19.9 Å². The van der Waals surface area contributed by atoms with Gasteiger partial charge < -0.3 is 20.4 Å². The second kappa shape index (κ2) is 7.25. The molecule has 110 valence electrons. The van der Waals surface area contributed by atoms with Crippen molar-refractivity contribution in [1.29, 1.82) is 0 Å². The molecule has 0 bridgehead atoms. The van der Waals surface area contributed by atoms with Crippen LogP contribution in [0.4, 0.5) is 10.5 Å². The van der Waals surface area contributed by atoms with Gasteiger partial charge in [0.05, 0.1) is 17.9 Å². The molecule has 1 aromatic carbocycles. The molecule has 0 aliphatic heterocycles. The summed E-state index contributed by atoms with van der Waals surface area (Å²) in [7, 11) is 0. The lowest BCUT2D eigenvalue weighted by atomic mass is 10.2. The highest BCUT2D eigenvalue weighted by Gasteiger charge is 2.20. The summed E-state index contributed by atoms with van der Waals surface area (Å²) in [5, 5.41) is 20.7. The van der Waals surface area contributed by atoms with E-state index >= 15 is 0 Å². The van der Waals surface area contributed by atoms with Gasteiger partial charge in [-0.25, -0.2) is 9.59 Å². The van der Waals surface area contributed by atoms with Gasteiger partial charge >= 0.3 is 12.0 Å². The Bertz CT molecular complexity index is 505. The van der Waals surface area contributed by atoms with E-state index in [9.17, 15) is 9.59 Å². The Morgan fingerprint density at radius 3 is 2.55 bits per heavy atom. The Morgan fingerprint density at radius 1 is 1.40 bits per heavy atom. The standard InChI is InChI=1S/C13H17BrN2O4/c1-8(2)16(6-7-17)13(20)15-11-9(12(18)19)4-3-5-10(11)14/h3-5,8,17H,6-7H2,1-2H3,(H,15,20)(H,18,19). The van der Waals surface area contributed by atoms with Gasteiger partial charge in [0.15, 0.2) is 0 Å². The highest BCUT2D eigenvalue weighted by Crippen LogP contribution is 2.27. The van der Waals surface area contributed by atoms with E-state index < -0.39 is 12.0 Å². The van der Waals surface area contributed by atoms with Crippen molar-refractivity contribution < 1.29 is 19.8 Å². The number of nitrogens with one attached hydrogen (secondary N) is 1. The number of anilines is 1. The van der Waals surface area contributed by atoms with E-state index in [2.05, 4.69) is 21.2 Å². The number of para-hydroxylation sites is 1. The fourth-order valence-electron chi connectivity index (χ4n) is 1.71. The minimum absolute atomic E-state index is 0.000398. The van der Waals surface area contributed by atoms with Gasteiger partial charge in [-0.15, -0.1) is 0 Å². The molecule has 3 N–H and O–H groups in total. The summed E-state index contributed by atoms with van der Waals surface area (Å²) in [6, 6.07) is 4.07. The zero-order chi connectivity index (χ0) is 15.3. The molecule has 2 amide bonds. The van der Waals surface area contributed by atoms with Gasteiger partial charge in [0, 0.05) is 17.1 Å². The van der Waals surface area contributed by atoms with Gasteiger partial charge in [0.2, 0.25) is 0 Å². The van der Waals surface area contributed by atoms with Crippen LogP contribution < -0.4 is 5.32 Å². The fourth-order valence-corrected chi connectivity index (χ4v) is 2.18. The van der Waals surface area contributed by atoms with Gasteiger partial charge in [-0.3, -0.25) is 0 Å². The van der Waals surface area contributed by atoms with Crippen molar-refractivity contribution in [3.05, 3.63) is 28.2 Å². The number of aliphatic hydroxyl groups excluding tert-OH is 1. The van der Waals surface area contributed by atoms with Crippen LogP contribution in [0.1, 0.15) is 24.2 Å². The third-order valence-electron chi connectivity index (χ3n) is 2.70. The lowest BCUT2D eigenvalue weighted by molar-refractivity contribution is 0.0698. The lowest BCUT2D eigenvalue weighted by Gasteiger charge is -2.26. The third-order valence-corrected chi connectivity index (χ3v) is 3.36. The summed E-state index contributed by atoms with van der Waals surface area (Å²) >= 11 is 3.22. The van der Waals surface area contributed by atoms with Gasteiger partial charge in [-0.05, 0) is 41.9 Å². The quantitative estimate of drug-likeness (QED) is 0.764. The van der Waals surface area contributed by atoms with Crippen molar-refractivity contribution in [3.63, 3.8) is 0 Å². The maximum atomic E-state index is 12.2. The summed E-state index contributed by atoms with van der Waals surface area (Å²) in [6.45, 7) is 3.64. The molecule has 0 aliphatic carbocycles. The summed E-state index contributed by atoms with van der Waals surface area (Å²) in [4.78, 5) is 24.7. The van der Waals surface area contributed by atoms with Crippen LogP contribution in [0.2, 0.25) is 0 Å². The first-order valence-corrected chi connectivity index (χ1v) is 6.88. The SMILES string of the molecule is CC(C)N(CCO)C(=O)Nc1c(Br)cccc1C(=O)O. The number of aromatic carboxylic acids is 1. The van der Waals surface area contributed by atoms with Gasteiger partial charge in [-0.2, -0.15) is 0 Å². The number of rotatable bonds is 5. The molecule has 0 heterocycles. The number of urea groups is 1. The maximum absolute atomic E-state index is 12.2. The lowest BCUT2D eigenvalue weighted by Crippen LogP contribution is -2.42. The third kappa shape index (κ3) is 3.94. The van der Waals surface area contributed by atoms with Crippen LogP contribution in [0, 0.1) is 0 Å². The number of hydrogen-bond donors (Lipinski definition) is 3. The molecular formula is C13H17BrN2O4. The Kier molecular flexibility index (Phi) is 5.97. The Hall–Kier alpha value is -1.60. The maximum Gasteiger partial charge on any atom is 0.337 e. The topological polar surface area (TPSA) is 89.9 Å². The molecule has 0 atom stereocenters. The first-order chi connectivity index (χ1) is 9.38. The summed E-state index contributed by atoms with van der Waals surface area (Å²) in [6.07, 6.45) is 0. The minimum Gasteiger partial charge on any atom is -0.478 e. The molecule has 0 aliphatic rings. The van der Waals surface area contributed by atoms with Crippen molar-refractivity contribution in [1.82, 2.24) is 4.90 Å². The number of carbonyl (C=O) groups is 2. The number of nitrogens with zero attached hydrogens (tertiary/aromatic N) is 1. The van der Waals surface area contributed by atoms with E-state index in [0.717, 1.165) is 0 Å². The predicted molar refractivity (Wildman–Crippen MR) is 79.0 cm³/mol. The van der Waals surface area contributed by atoms with Crippen molar-refractivity contribution in [2.24, 2.45) is 0 Å². The first kappa shape index (κ1) is 16.5. The molecular weight excluding hydrogens is 328 g/mol. The molecule has 0 fully saturated rings. The highest BCUT2D eigenvalue weighted by molar-refractivity contribution is 9.10. The second-order valence-corrected chi connectivity index (χ2v) is 5.26. The van der Waals surface area contributed by atoms with Crippen molar-refractivity contribution in [3.8, 4) is 0 Å². The van der Waals surface area contributed by atoms with Crippen LogP contribution in [0.25, 0.3) is 0 Å². The zero-order valence-corrected chi connectivity index (χ0v) is 12.8. The van der Waals surface area contributed by atoms with Crippen LogP contribution >= 0.6 is 15.9 Å². The second-order valence-electron chi connectivity index (χ2n) is 4.41. The van der Waals surface area contributed by atoms with Gasteiger partial charge in [0.1, 0.15) is 0 Å². The first-order valence-electron chi connectivity index (χ1n) is 6.08. The van der Waals surface area contributed by atoms with E-state index in [0.29, 0.717) is 4.47 Å². The number of carboxylic acid groups (broad SMARTS) is 1. The van der Waals surface area contributed by atoms with E-state index in [-0.39, 0.29) is 30.4 Å². The summed E-state index contributed by atoms with van der Waals surface area (Å²) < 4.78 is 0.485. The van der Waals surface area contributed by atoms with E-state index in [1.165, 1.54) is 11.0 Å². The van der Waals surface area contributed by atoms with E-state index in [4.69, 9.17) is 10.2 Å². The van der Waals surface area contributed by atoms with E-state index in [1.54, 1.807) is 12.1 Å². The normalized spacial score (nSPS) is 10.4. The van der Waals surface area contributed by atoms with Crippen LogP contribution in [-0.2, 0) is 0 Å². The van der Waals surface area contributed by atoms with Crippen molar-refractivity contribution in [2.75, 3.05) is 18.5 Å². The van der Waals surface area contributed by atoms with Crippen molar-refractivity contribution >= 4 is 33.6 Å². The number of hydrogen-bond acceptors (Lipinski definition) is 3. The average molecular weight is 345 g/mol.